The Bertz CT molecular complexity index is 950. The van der Waals surface area contributed by atoms with Crippen LogP contribution in [-0.4, -0.2) is 59.6 Å². The minimum atomic E-state index is -1.06. The van der Waals surface area contributed by atoms with Gasteiger partial charge in [-0.25, -0.2) is 19.7 Å². The van der Waals surface area contributed by atoms with Crippen molar-refractivity contribution in [1.29, 1.82) is 0 Å². The predicted molar refractivity (Wildman–Crippen MR) is 108 cm³/mol. The van der Waals surface area contributed by atoms with Crippen LogP contribution >= 0.6 is 12.6 Å². The molecule has 12 nitrogen and oxygen atoms in total. The third-order valence-electron chi connectivity index (χ3n) is 3.05. The average molecular weight is 420 g/mol. The lowest BCUT2D eigenvalue weighted by Crippen LogP contribution is -2.40. The number of aromatic amines is 1. The van der Waals surface area contributed by atoms with Crippen LogP contribution in [0.2, 0.25) is 0 Å². The van der Waals surface area contributed by atoms with Crippen molar-refractivity contribution in [3.63, 3.8) is 0 Å². The number of nitrogens with zero attached hydrogens (tertiary/aromatic N) is 4. The number of primary amides is 1. The molecule has 3 aromatic rings. The number of thiol groups is 1. The number of imidazole rings is 1. The number of carbonyl (C=O) groups excluding carboxylic acids is 2. The number of aromatic nitrogens is 5. The molecule has 7 N–H and O–H groups in total. The largest absolute Gasteiger partial charge is 0.480 e. The van der Waals surface area contributed by atoms with Crippen LogP contribution in [0.15, 0.2) is 37.2 Å². The van der Waals surface area contributed by atoms with Crippen molar-refractivity contribution in [2.24, 2.45) is 5.73 Å². The van der Waals surface area contributed by atoms with Gasteiger partial charge >= 0.3 is 5.97 Å². The Labute approximate surface area is 170 Å². The number of anilines is 1. The van der Waals surface area contributed by atoms with Crippen LogP contribution in [0.3, 0.4) is 0 Å². The monoisotopic (exact) mass is 420 g/mol. The number of hydrogen-bond acceptors (Lipinski definition) is 9. The molecule has 3 heterocycles. The van der Waals surface area contributed by atoms with Gasteiger partial charge in [0.2, 0.25) is 11.8 Å². The van der Waals surface area contributed by atoms with Crippen LogP contribution in [0, 0.1) is 0 Å². The van der Waals surface area contributed by atoms with E-state index in [1.807, 2.05) is 0 Å². The number of pyridine rings is 1. The standard InChI is InChI=1S/C6H6N2O.C5H5N5.C5H9NO3S/c7-6(9)5-2-1-3-8-4-5;6-4-3-5(9-1-7-3)10-2-8-4;1-3(7)6-4(2-10)5(8)9/h1-4H,(H2,7,9);1-2H,(H3,6,7,8,9,10);4,10H,2H2,1H3,(H,6,7)(H,8,9)/t;;4-/m..0/s1. The molecule has 0 spiro atoms. The number of nitrogens with two attached hydrogens (primary N) is 2. The third kappa shape index (κ3) is 8.21. The molecule has 0 bridgehead atoms. The Balaban J connectivity index is 0.000000218. The number of carboxylic acids is 1. The molecule has 3 rings (SSSR count). The van der Waals surface area contributed by atoms with Crippen molar-refractivity contribution >= 4 is 47.4 Å². The van der Waals surface area contributed by atoms with Crippen molar-refractivity contribution in [3.05, 3.63) is 42.7 Å². The maximum Gasteiger partial charge on any atom is 0.327 e. The molecule has 0 radical (unpaired) electrons. The van der Waals surface area contributed by atoms with E-state index in [1.54, 1.807) is 18.3 Å². The first-order valence-corrected chi connectivity index (χ1v) is 8.59. The van der Waals surface area contributed by atoms with Crippen LogP contribution in [0.5, 0.6) is 0 Å². The van der Waals surface area contributed by atoms with Crippen LogP contribution in [0.25, 0.3) is 11.2 Å². The van der Waals surface area contributed by atoms with Crippen LogP contribution in [0.4, 0.5) is 5.82 Å². The molecular formula is C16H20N8O4S. The highest BCUT2D eigenvalue weighted by atomic mass is 32.1. The Hall–Kier alpha value is -3.74. The van der Waals surface area contributed by atoms with Crippen LogP contribution in [0.1, 0.15) is 17.3 Å². The molecular weight excluding hydrogens is 400 g/mol. The molecule has 3 aromatic heterocycles. The summed E-state index contributed by atoms with van der Waals surface area (Å²) in [5.74, 6) is -1.35. The second kappa shape index (κ2) is 11.9. The number of carboxylic acid groups (broad SMARTS) is 1. The molecule has 154 valence electrons. The van der Waals surface area contributed by atoms with Crippen molar-refractivity contribution in [2.45, 2.75) is 13.0 Å². The first kappa shape index (κ1) is 23.3. The summed E-state index contributed by atoms with van der Waals surface area (Å²) in [5, 5.41) is 10.6. The van der Waals surface area contributed by atoms with Gasteiger partial charge in [0.15, 0.2) is 11.5 Å². The SMILES string of the molecule is CC(=O)N[C@@H](CS)C(=O)O.NC(=O)c1cccnc1.Nc1ncnc2[nH]cnc12. The number of aliphatic carboxylic acids is 1. The number of fused-ring (bicyclic) bond motifs is 1. The van der Waals surface area contributed by atoms with Crippen molar-refractivity contribution in [1.82, 2.24) is 30.2 Å². The highest BCUT2D eigenvalue weighted by Crippen LogP contribution is 2.09. The minimum Gasteiger partial charge on any atom is -0.480 e. The van der Waals surface area contributed by atoms with Gasteiger partial charge < -0.3 is 26.9 Å². The summed E-state index contributed by atoms with van der Waals surface area (Å²) in [4.78, 5) is 49.0. The molecule has 1 atom stereocenters. The van der Waals surface area contributed by atoms with E-state index in [2.05, 4.69) is 42.9 Å². The van der Waals surface area contributed by atoms with E-state index in [4.69, 9.17) is 16.6 Å². The molecule has 0 aromatic carbocycles. The van der Waals surface area contributed by atoms with E-state index in [9.17, 15) is 14.4 Å². The van der Waals surface area contributed by atoms with Crippen LogP contribution in [-0.2, 0) is 9.59 Å². The van der Waals surface area contributed by atoms with Crippen molar-refractivity contribution in [2.75, 3.05) is 11.5 Å². The van der Waals surface area contributed by atoms with Crippen molar-refractivity contribution in [3.8, 4) is 0 Å². The van der Waals surface area contributed by atoms with Gasteiger partial charge in [0.05, 0.1) is 11.9 Å². The topological polar surface area (TPSA) is 203 Å². The van der Waals surface area contributed by atoms with Crippen LogP contribution < -0.4 is 16.8 Å². The highest BCUT2D eigenvalue weighted by Gasteiger charge is 2.15. The fourth-order valence-electron chi connectivity index (χ4n) is 1.72. The molecule has 0 saturated carbocycles. The average Bonchev–Trinajstić information content (AvgIpc) is 3.18. The number of hydrogen-bond donors (Lipinski definition) is 6. The normalized spacial score (nSPS) is 10.6. The summed E-state index contributed by atoms with van der Waals surface area (Å²) in [5.41, 5.74) is 12.1. The van der Waals surface area contributed by atoms with E-state index in [1.165, 1.54) is 25.8 Å². The number of rotatable bonds is 4. The molecule has 0 aliphatic rings. The summed E-state index contributed by atoms with van der Waals surface area (Å²) >= 11 is 3.73. The summed E-state index contributed by atoms with van der Waals surface area (Å²) in [7, 11) is 0. The summed E-state index contributed by atoms with van der Waals surface area (Å²) < 4.78 is 0. The summed E-state index contributed by atoms with van der Waals surface area (Å²) in [6.07, 6.45) is 5.96. The van der Waals surface area contributed by atoms with E-state index < -0.39 is 17.9 Å². The van der Waals surface area contributed by atoms with Gasteiger partial charge in [-0.05, 0) is 12.1 Å². The summed E-state index contributed by atoms with van der Waals surface area (Å²) in [6, 6.07) is 2.41. The zero-order valence-corrected chi connectivity index (χ0v) is 16.2. The molecule has 29 heavy (non-hydrogen) atoms. The predicted octanol–water partition coefficient (Wildman–Crippen LogP) is -0.379. The highest BCUT2D eigenvalue weighted by molar-refractivity contribution is 7.80. The summed E-state index contributed by atoms with van der Waals surface area (Å²) in [6.45, 7) is 1.26. The molecule has 0 aliphatic heterocycles. The molecule has 2 amide bonds. The van der Waals surface area contributed by atoms with Gasteiger partial charge in [0.25, 0.3) is 0 Å². The Morgan fingerprint density at radius 2 is 2.03 bits per heavy atom. The minimum absolute atomic E-state index is 0.106. The Morgan fingerprint density at radius 1 is 1.31 bits per heavy atom. The molecule has 0 saturated heterocycles. The quantitative estimate of drug-likeness (QED) is 0.304. The lowest BCUT2D eigenvalue weighted by atomic mass is 10.3. The van der Waals surface area contributed by atoms with Gasteiger partial charge in [-0.2, -0.15) is 12.6 Å². The number of amides is 2. The number of nitrogens with one attached hydrogen (secondary N) is 2. The lowest BCUT2D eigenvalue weighted by Gasteiger charge is -2.08. The van der Waals surface area contributed by atoms with Gasteiger partial charge in [0, 0.05) is 25.1 Å². The maximum absolute atomic E-state index is 10.4. The molecule has 0 fully saturated rings. The fourth-order valence-corrected chi connectivity index (χ4v) is 1.97. The fraction of sp³-hybridized carbons (Fsp3) is 0.188. The van der Waals surface area contributed by atoms with E-state index >= 15 is 0 Å². The maximum atomic E-state index is 10.4. The number of H-pyrrole nitrogens is 1. The number of carbonyl (C=O) groups is 3. The van der Waals surface area contributed by atoms with Gasteiger partial charge in [-0.15, -0.1) is 0 Å². The zero-order valence-electron chi connectivity index (χ0n) is 15.3. The van der Waals surface area contributed by atoms with Gasteiger partial charge in [-0.3, -0.25) is 14.6 Å². The Morgan fingerprint density at radius 3 is 2.45 bits per heavy atom. The lowest BCUT2D eigenvalue weighted by molar-refractivity contribution is -0.140. The van der Waals surface area contributed by atoms with E-state index in [0.29, 0.717) is 22.5 Å². The second-order valence-corrected chi connectivity index (χ2v) is 5.60. The third-order valence-corrected chi connectivity index (χ3v) is 3.41. The molecule has 0 aliphatic carbocycles. The first-order valence-electron chi connectivity index (χ1n) is 7.96. The smallest absolute Gasteiger partial charge is 0.327 e. The van der Waals surface area contributed by atoms with E-state index in [-0.39, 0.29) is 11.7 Å². The van der Waals surface area contributed by atoms with Gasteiger partial charge in [0.1, 0.15) is 17.9 Å². The second-order valence-electron chi connectivity index (χ2n) is 5.24. The molecule has 0 unspecified atom stereocenters. The number of nitrogen functional groups attached to an aromatic ring is 1. The Kier molecular flexibility index (Phi) is 9.53. The first-order chi connectivity index (χ1) is 13.8. The van der Waals surface area contributed by atoms with Gasteiger partial charge in [-0.1, -0.05) is 0 Å². The molecule has 13 heteroatoms. The van der Waals surface area contributed by atoms with Crippen molar-refractivity contribution < 1.29 is 19.5 Å². The zero-order chi connectivity index (χ0) is 21.8. The van der Waals surface area contributed by atoms with E-state index in [0.717, 1.165) is 0 Å².